The fraction of sp³-hybridized carbons (Fsp3) is 0.733. The van der Waals surface area contributed by atoms with Gasteiger partial charge in [0, 0.05) is 42.7 Å². The highest BCUT2D eigenvalue weighted by atomic mass is 32.2. The van der Waals surface area contributed by atoms with Crippen LogP contribution in [0.25, 0.3) is 0 Å². The highest BCUT2D eigenvalue weighted by Crippen LogP contribution is 2.23. The van der Waals surface area contributed by atoms with E-state index in [0.717, 1.165) is 30.9 Å². The van der Waals surface area contributed by atoms with Gasteiger partial charge in [0.25, 0.3) is 0 Å². The van der Waals surface area contributed by atoms with E-state index >= 15 is 0 Å². The summed E-state index contributed by atoms with van der Waals surface area (Å²) in [6.07, 6.45) is 3.89. The minimum absolute atomic E-state index is 0.0405. The first-order valence-corrected chi connectivity index (χ1v) is 9.41. The lowest BCUT2D eigenvalue weighted by molar-refractivity contribution is 0.108. The van der Waals surface area contributed by atoms with E-state index < -0.39 is 9.84 Å². The molecule has 0 aliphatic carbocycles. The zero-order chi connectivity index (χ0) is 15.7. The van der Waals surface area contributed by atoms with Crippen LogP contribution in [0.15, 0.2) is 12.4 Å². The second-order valence-corrected chi connectivity index (χ2v) is 9.36. The highest BCUT2D eigenvalue weighted by molar-refractivity contribution is 7.90. The summed E-state index contributed by atoms with van der Waals surface area (Å²) in [6, 6.07) is 2.10. The van der Waals surface area contributed by atoms with Crippen molar-refractivity contribution in [3.63, 3.8) is 0 Å². The molecule has 0 amide bonds. The van der Waals surface area contributed by atoms with Gasteiger partial charge < -0.3 is 4.90 Å². The Kier molecular flexibility index (Phi) is 4.68. The molecular formula is C15H25N3O2S. The standard InChI is InChI=1S/C15H25N3O2S/c1-15(2,3)14-8-13(16-11-17-14)7-12-9-18(10-12)5-6-21(4,19)20/h8,11-12H,5-7,9-10H2,1-4H3. The van der Waals surface area contributed by atoms with E-state index in [0.29, 0.717) is 12.5 Å². The molecule has 0 spiro atoms. The molecule has 2 rings (SSSR count). The van der Waals surface area contributed by atoms with Gasteiger partial charge in [-0.2, -0.15) is 0 Å². The van der Waals surface area contributed by atoms with Crippen molar-refractivity contribution in [2.45, 2.75) is 32.6 Å². The molecule has 1 aliphatic rings. The van der Waals surface area contributed by atoms with Crippen LogP contribution < -0.4 is 0 Å². The maximum absolute atomic E-state index is 11.1. The number of rotatable bonds is 5. The number of likely N-dealkylation sites (tertiary alicyclic amines) is 1. The molecule has 0 radical (unpaired) electrons. The van der Waals surface area contributed by atoms with Gasteiger partial charge >= 0.3 is 0 Å². The van der Waals surface area contributed by atoms with Gasteiger partial charge in [-0.05, 0) is 18.4 Å². The van der Waals surface area contributed by atoms with Crippen LogP contribution in [-0.4, -0.2) is 54.9 Å². The van der Waals surface area contributed by atoms with Gasteiger partial charge in [-0.25, -0.2) is 18.4 Å². The molecule has 1 aliphatic heterocycles. The Hall–Kier alpha value is -1.01. The molecule has 0 aromatic carbocycles. The molecule has 2 heterocycles. The molecule has 0 atom stereocenters. The van der Waals surface area contributed by atoms with Crippen molar-refractivity contribution in [2.24, 2.45) is 5.92 Å². The largest absolute Gasteiger partial charge is 0.302 e. The van der Waals surface area contributed by atoms with E-state index in [1.54, 1.807) is 6.33 Å². The molecule has 5 nitrogen and oxygen atoms in total. The van der Waals surface area contributed by atoms with Crippen molar-refractivity contribution in [3.8, 4) is 0 Å². The normalized spacial score (nSPS) is 17.7. The van der Waals surface area contributed by atoms with Crippen molar-refractivity contribution in [1.29, 1.82) is 0 Å². The summed E-state index contributed by atoms with van der Waals surface area (Å²) in [6.45, 7) is 9.02. The average molecular weight is 311 g/mol. The Balaban J connectivity index is 1.83. The van der Waals surface area contributed by atoms with Crippen LogP contribution in [0.5, 0.6) is 0 Å². The van der Waals surface area contributed by atoms with Gasteiger partial charge in [0.2, 0.25) is 0 Å². The number of sulfone groups is 1. The molecule has 0 N–H and O–H groups in total. The SMILES string of the molecule is CC(C)(C)c1cc(CC2CN(CCS(C)(=O)=O)C2)ncn1. The second-order valence-electron chi connectivity index (χ2n) is 7.10. The minimum Gasteiger partial charge on any atom is -0.302 e. The molecule has 1 aromatic heterocycles. The Labute approximate surface area is 127 Å². The molecule has 118 valence electrons. The number of nitrogens with zero attached hydrogens (tertiary/aromatic N) is 3. The summed E-state index contributed by atoms with van der Waals surface area (Å²) in [4.78, 5) is 10.9. The summed E-state index contributed by atoms with van der Waals surface area (Å²) in [5.41, 5.74) is 2.20. The number of hydrogen-bond donors (Lipinski definition) is 0. The first kappa shape index (κ1) is 16.4. The van der Waals surface area contributed by atoms with Gasteiger partial charge in [-0.15, -0.1) is 0 Å². The predicted octanol–water partition coefficient (Wildman–Crippen LogP) is 1.29. The third kappa shape index (κ3) is 5.04. The third-order valence-corrected chi connectivity index (χ3v) is 4.73. The predicted molar refractivity (Wildman–Crippen MR) is 84.1 cm³/mol. The summed E-state index contributed by atoms with van der Waals surface area (Å²) in [7, 11) is -2.86. The smallest absolute Gasteiger partial charge is 0.148 e. The summed E-state index contributed by atoms with van der Waals surface area (Å²) in [5, 5.41) is 0. The molecule has 1 fully saturated rings. The third-order valence-electron chi connectivity index (χ3n) is 3.80. The number of hydrogen-bond acceptors (Lipinski definition) is 5. The van der Waals surface area contributed by atoms with Crippen LogP contribution in [0.4, 0.5) is 0 Å². The van der Waals surface area contributed by atoms with Crippen molar-refractivity contribution in [1.82, 2.24) is 14.9 Å². The zero-order valence-corrected chi connectivity index (χ0v) is 14.2. The lowest BCUT2D eigenvalue weighted by Gasteiger charge is -2.39. The van der Waals surface area contributed by atoms with Crippen LogP contribution in [0.3, 0.4) is 0 Å². The van der Waals surface area contributed by atoms with Gasteiger partial charge in [0.1, 0.15) is 16.2 Å². The first-order valence-electron chi connectivity index (χ1n) is 7.35. The van der Waals surface area contributed by atoms with E-state index in [4.69, 9.17) is 0 Å². The van der Waals surface area contributed by atoms with Crippen LogP contribution >= 0.6 is 0 Å². The highest BCUT2D eigenvalue weighted by Gasteiger charge is 2.28. The van der Waals surface area contributed by atoms with E-state index in [2.05, 4.69) is 41.7 Å². The fourth-order valence-electron chi connectivity index (χ4n) is 2.50. The fourth-order valence-corrected chi connectivity index (χ4v) is 3.09. The summed E-state index contributed by atoms with van der Waals surface area (Å²) < 4.78 is 22.3. The van der Waals surface area contributed by atoms with Crippen LogP contribution in [0, 0.1) is 5.92 Å². The van der Waals surface area contributed by atoms with Crippen molar-refractivity contribution in [2.75, 3.05) is 31.6 Å². The van der Waals surface area contributed by atoms with E-state index in [1.165, 1.54) is 6.26 Å². The van der Waals surface area contributed by atoms with Gasteiger partial charge in [-0.3, -0.25) is 0 Å². The molecule has 21 heavy (non-hydrogen) atoms. The Morgan fingerprint density at radius 2 is 1.95 bits per heavy atom. The maximum atomic E-state index is 11.1. The maximum Gasteiger partial charge on any atom is 0.148 e. The molecular weight excluding hydrogens is 286 g/mol. The molecule has 1 saturated heterocycles. The molecule has 0 bridgehead atoms. The molecule has 1 aromatic rings. The molecule has 0 unspecified atom stereocenters. The second kappa shape index (κ2) is 6.01. The monoisotopic (exact) mass is 311 g/mol. The summed E-state index contributed by atoms with van der Waals surface area (Å²) >= 11 is 0. The molecule has 6 heteroatoms. The van der Waals surface area contributed by atoms with Crippen LogP contribution in [-0.2, 0) is 21.7 Å². The van der Waals surface area contributed by atoms with Crippen LogP contribution in [0.1, 0.15) is 32.2 Å². The Morgan fingerprint density at radius 1 is 1.29 bits per heavy atom. The van der Waals surface area contributed by atoms with E-state index in [1.807, 2.05) is 0 Å². The summed E-state index contributed by atoms with van der Waals surface area (Å²) in [5.74, 6) is 0.828. The van der Waals surface area contributed by atoms with Gasteiger partial charge in [0.15, 0.2) is 0 Å². The lowest BCUT2D eigenvalue weighted by atomic mass is 9.89. The lowest BCUT2D eigenvalue weighted by Crippen LogP contribution is -2.49. The van der Waals surface area contributed by atoms with E-state index in [-0.39, 0.29) is 11.2 Å². The van der Waals surface area contributed by atoms with Crippen molar-refractivity contribution >= 4 is 9.84 Å². The van der Waals surface area contributed by atoms with Crippen molar-refractivity contribution in [3.05, 3.63) is 23.8 Å². The first-order chi connectivity index (χ1) is 9.63. The Bertz CT molecular complexity index is 587. The molecule has 0 saturated carbocycles. The Morgan fingerprint density at radius 3 is 2.52 bits per heavy atom. The zero-order valence-electron chi connectivity index (χ0n) is 13.3. The van der Waals surface area contributed by atoms with Crippen molar-refractivity contribution < 1.29 is 8.42 Å². The average Bonchev–Trinajstić information content (AvgIpc) is 2.30. The van der Waals surface area contributed by atoms with Gasteiger partial charge in [-0.1, -0.05) is 20.8 Å². The van der Waals surface area contributed by atoms with E-state index in [9.17, 15) is 8.42 Å². The van der Waals surface area contributed by atoms with Gasteiger partial charge in [0.05, 0.1) is 5.75 Å². The topological polar surface area (TPSA) is 63.2 Å². The quantitative estimate of drug-likeness (QED) is 0.820. The number of aromatic nitrogens is 2. The van der Waals surface area contributed by atoms with Crippen LogP contribution in [0.2, 0.25) is 0 Å². The minimum atomic E-state index is -2.86.